The van der Waals surface area contributed by atoms with Crippen LogP contribution in [0.5, 0.6) is 5.75 Å². The number of carboxylic acid groups (broad SMARTS) is 2. The minimum atomic E-state index is -1.13. The van der Waals surface area contributed by atoms with Gasteiger partial charge in [-0.2, -0.15) is 0 Å². The summed E-state index contributed by atoms with van der Waals surface area (Å²) in [5.41, 5.74) is 0.0436. The molecule has 0 aliphatic rings. The molecule has 34 heavy (non-hydrogen) atoms. The van der Waals surface area contributed by atoms with Crippen molar-refractivity contribution in [2.24, 2.45) is 4.99 Å². The molecule has 13 heteroatoms. The van der Waals surface area contributed by atoms with E-state index >= 15 is 0 Å². The number of aliphatic carboxylic acids is 1. The van der Waals surface area contributed by atoms with Crippen LogP contribution in [0.4, 0.5) is 0 Å². The number of nitrogens with one attached hydrogen (secondary N) is 1. The number of H-pyrrole nitrogens is 1. The number of aromatic nitrogens is 4. The van der Waals surface area contributed by atoms with E-state index < -0.39 is 29.7 Å². The van der Waals surface area contributed by atoms with Gasteiger partial charge in [0.2, 0.25) is 6.08 Å². The van der Waals surface area contributed by atoms with Crippen LogP contribution in [0.3, 0.4) is 0 Å². The first-order valence-electron chi connectivity index (χ1n) is 9.36. The van der Waals surface area contributed by atoms with Gasteiger partial charge in [-0.05, 0) is 24.6 Å². The molecule has 0 aliphatic heterocycles. The van der Waals surface area contributed by atoms with Gasteiger partial charge in [-0.1, -0.05) is 12.1 Å². The van der Waals surface area contributed by atoms with Crippen molar-refractivity contribution in [3.8, 4) is 5.75 Å². The maximum absolute atomic E-state index is 11.0. The van der Waals surface area contributed by atoms with Crippen molar-refractivity contribution in [1.29, 1.82) is 0 Å². The number of benzene rings is 1. The van der Waals surface area contributed by atoms with Crippen LogP contribution in [0.25, 0.3) is 0 Å². The number of hydrogen-bond acceptors (Lipinski definition) is 9. The first-order chi connectivity index (χ1) is 16.2. The molecule has 0 saturated carbocycles. The van der Waals surface area contributed by atoms with E-state index in [1.54, 1.807) is 7.11 Å². The highest BCUT2D eigenvalue weighted by Gasteiger charge is 2.03. The van der Waals surface area contributed by atoms with Crippen molar-refractivity contribution in [1.82, 2.24) is 19.5 Å². The quantitative estimate of drug-likeness (QED) is 0.339. The van der Waals surface area contributed by atoms with E-state index in [9.17, 15) is 24.0 Å². The Kier molecular flexibility index (Phi) is 11.3. The van der Waals surface area contributed by atoms with Gasteiger partial charge in [0, 0.05) is 24.2 Å². The Morgan fingerprint density at radius 2 is 1.85 bits per heavy atom. The van der Waals surface area contributed by atoms with Crippen molar-refractivity contribution >= 4 is 18.0 Å². The molecule has 3 aromatic rings. The van der Waals surface area contributed by atoms with Gasteiger partial charge < -0.3 is 14.9 Å². The first-order valence-corrected chi connectivity index (χ1v) is 9.36. The van der Waals surface area contributed by atoms with E-state index in [2.05, 4.69) is 15.0 Å². The fraction of sp³-hybridized carbons (Fsp3) is 0.190. The van der Waals surface area contributed by atoms with Gasteiger partial charge in [-0.15, -0.1) is 0 Å². The summed E-state index contributed by atoms with van der Waals surface area (Å²) in [4.78, 5) is 64.5. The Morgan fingerprint density at radius 3 is 2.32 bits per heavy atom. The third-order valence-corrected chi connectivity index (χ3v) is 3.76. The number of nitrogens with zero attached hydrogens (tertiary/aromatic N) is 4. The predicted molar refractivity (Wildman–Crippen MR) is 118 cm³/mol. The number of hydrogen-bond donors (Lipinski definition) is 3. The molecule has 0 amide bonds. The molecule has 0 bridgehead atoms. The number of aromatic amines is 1. The zero-order valence-corrected chi connectivity index (χ0v) is 18.2. The van der Waals surface area contributed by atoms with Crippen LogP contribution in [-0.2, 0) is 22.7 Å². The molecule has 0 saturated heterocycles. The summed E-state index contributed by atoms with van der Waals surface area (Å²) >= 11 is 0. The molecule has 2 aromatic heterocycles. The summed E-state index contributed by atoms with van der Waals surface area (Å²) in [7, 11) is 1.61. The van der Waals surface area contributed by atoms with Crippen LogP contribution in [0.2, 0.25) is 0 Å². The second-order valence-electron chi connectivity index (χ2n) is 6.24. The lowest BCUT2D eigenvalue weighted by atomic mass is 10.2. The van der Waals surface area contributed by atoms with Gasteiger partial charge in [0.05, 0.1) is 19.9 Å². The molecule has 0 atom stereocenters. The molecule has 1 aromatic carbocycles. The molecule has 2 heterocycles. The maximum Gasteiger partial charge on any atom is 0.356 e. The van der Waals surface area contributed by atoms with E-state index in [1.807, 2.05) is 29.2 Å². The average Bonchev–Trinajstić information content (AvgIpc) is 2.82. The van der Waals surface area contributed by atoms with Crippen LogP contribution >= 0.6 is 0 Å². The SMILES string of the molecule is COc1ccc(CN=C=O)cc1.Cc1cn(CC(=O)O)c(=O)[nH]c1=O.O=C(O)c1cnccn1. The fourth-order valence-electron chi connectivity index (χ4n) is 2.15. The second kappa shape index (κ2) is 14.2. The Balaban J connectivity index is 0.000000259. The number of carboxylic acids is 2. The number of methoxy groups -OCH3 is 1. The largest absolute Gasteiger partial charge is 0.497 e. The third-order valence-electron chi connectivity index (χ3n) is 3.76. The smallest absolute Gasteiger partial charge is 0.356 e. The molecule has 0 fully saturated rings. The lowest BCUT2D eigenvalue weighted by Gasteiger charge is -2.00. The number of isocyanates is 1. The van der Waals surface area contributed by atoms with E-state index in [-0.39, 0.29) is 5.69 Å². The highest BCUT2D eigenvalue weighted by atomic mass is 16.5. The molecule has 13 nitrogen and oxygen atoms in total. The van der Waals surface area contributed by atoms with Crippen molar-refractivity contribution in [3.63, 3.8) is 0 Å². The lowest BCUT2D eigenvalue weighted by Crippen LogP contribution is -2.32. The number of aliphatic imine (C=N–C) groups is 1. The van der Waals surface area contributed by atoms with Gasteiger partial charge in [-0.3, -0.25) is 24.1 Å². The number of aromatic carboxylic acids is 1. The van der Waals surface area contributed by atoms with Crippen LogP contribution in [0, 0.1) is 6.92 Å². The van der Waals surface area contributed by atoms with Crippen LogP contribution in [0.15, 0.2) is 63.6 Å². The molecule has 178 valence electrons. The summed E-state index contributed by atoms with van der Waals surface area (Å²) in [6.07, 6.45) is 6.66. The normalized spacial score (nSPS) is 9.24. The molecular weight excluding hydrogens is 450 g/mol. The van der Waals surface area contributed by atoms with Gasteiger partial charge in [0.15, 0.2) is 5.69 Å². The standard InChI is InChI=1S/C9H9NO2.C7H8N2O4.C5H4N2O2/c1-12-9-4-2-8(3-5-9)6-10-7-11;1-4-2-9(3-5(10)11)7(13)8-6(4)12;8-5(9)4-3-6-1-2-7-4/h2-5H,6H2,1H3;2H,3H2,1H3,(H,10,11)(H,8,12,13);1-3H,(H,8,9). The number of aryl methyl sites for hydroxylation is 1. The summed E-state index contributed by atoms with van der Waals surface area (Å²) in [5, 5.41) is 16.7. The Bertz CT molecular complexity index is 1250. The minimum absolute atomic E-state index is 0.0301. The maximum atomic E-state index is 11.0. The first kappa shape index (κ1) is 27.1. The van der Waals surface area contributed by atoms with Gasteiger partial charge in [0.1, 0.15) is 12.3 Å². The van der Waals surface area contributed by atoms with Crippen molar-refractivity contribution < 1.29 is 29.3 Å². The second-order valence-corrected chi connectivity index (χ2v) is 6.24. The number of ether oxygens (including phenoxy) is 1. The zero-order chi connectivity index (χ0) is 25.5. The van der Waals surface area contributed by atoms with E-state index in [1.165, 1.54) is 37.8 Å². The van der Waals surface area contributed by atoms with Crippen LogP contribution < -0.4 is 16.0 Å². The van der Waals surface area contributed by atoms with Gasteiger partial charge in [-0.25, -0.2) is 24.4 Å². The van der Waals surface area contributed by atoms with E-state index in [0.717, 1.165) is 15.9 Å². The zero-order valence-electron chi connectivity index (χ0n) is 18.2. The summed E-state index contributed by atoms with van der Waals surface area (Å²) in [5.74, 6) is -1.38. The minimum Gasteiger partial charge on any atom is -0.497 e. The predicted octanol–water partition coefficient (Wildman–Crippen LogP) is 0.635. The molecule has 0 unspecified atom stereocenters. The lowest BCUT2D eigenvalue weighted by molar-refractivity contribution is -0.137. The van der Waals surface area contributed by atoms with Crippen molar-refractivity contribution in [2.75, 3.05) is 7.11 Å². The van der Waals surface area contributed by atoms with E-state index in [4.69, 9.17) is 14.9 Å². The number of carbonyl (C=O) groups excluding carboxylic acids is 1. The highest BCUT2D eigenvalue weighted by molar-refractivity contribution is 5.84. The van der Waals surface area contributed by atoms with Gasteiger partial charge >= 0.3 is 17.6 Å². The summed E-state index contributed by atoms with van der Waals surface area (Å²) in [6.45, 7) is 1.43. The summed E-state index contributed by atoms with van der Waals surface area (Å²) < 4.78 is 5.90. The molecule has 0 aliphatic carbocycles. The molecule has 3 N–H and O–H groups in total. The molecule has 0 radical (unpaired) electrons. The monoisotopic (exact) mass is 471 g/mol. The van der Waals surface area contributed by atoms with E-state index in [0.29, 0.717) is 12.1 Å². The average molecular weight is 471 g/mol. The van der Waals surface area contributed by atoms with Crippen LogP contribution in [-0.4, -0.2) is 54.9 Å². The van der Waals surface area contributed by atoms with Crippen molar-refractivity contribution in [3.05, 3.63) is 86.7 Å². The Labute approximate surface area is 192 Å². The molecule has 3 rings (SSSR count). The number of carbonyl (C=O) groups is 2. The fourth-order valence-corrected chi connectivity index (χ4v) is 2.15. The Morgan fingerprint density at radius 1 is 1.18 bits per heavy atom. The summed E-state index contributed by atoms with van der Waals surface area (Å²) in [6, 6.07) is 7.38. The highest BCUT2D eigenvalue weighted by Crippen LogP contribution is 2.11. The molecular formula is C21H21N5O8. The third kappa shape index (κ3) is 9.94. The molecule has 0 spiro atoms. The van der Waals surface area contributed by atoms with Crippen molar-refractivity contribution in [2.45, 2.75) is 20.0 Å². The topological polar surface area (TPSA) is 194 Å². The van der Waals surface area contributed by atoms with Crippen LogP contribution in [0.1, 0.15) is 21.6 Å². The Hall–Kier alpha value is -4.90. The number of rotatable bonds is 6. The van der Waals surface area contributed by atoms with Gasteiger partial charge in [0.25, 0.3) is 5.56 Å².